The number of hydrogen-bond donors (Lipinski definition) is 0. The van der Waals surface area contributed by atoms with Gasteiger partial charge in [0.05, 0.1) is 15.7 Å². The highest BCUT2D eigenvalue weighted by atomic mass is 35.5. The fourth-order valence-corrected chi connectivity index (χ4v) is 4.04. The maximum absolute atomic E-state index is 12.4. The molecule has 0 unspecified atom stereocenters. The zero-order valence-electron chi connectivity index (χ0n) is 14.2. The molecule has 1 saturated heterocycles. The molecule has 0 aliphatic carbocycles. The average molecular weight is 427 g/mol. The largest absolute Gasteiger partial charge is 0.362 e. The summed E-state index contributed by atoms with van der Waals surface area (Å²) in [7, 11) is 0. The minimum atomic E-state index is -0.439. The number of carbonyl (C=O) groups excluding carboxylic acids is 1. The van der Waals surface area contributed by atoms with Gasteiger partial charge in [-0.05, 0) is 24.3 Å². The predicted octanol–water partition coefficient (Wildman–Crippen LogP) is 3.74. The van der Waals surface area contributed by atoms with E-state index in [0.717, 1.165) is 0 Å². The van der Waals surface area contributed by atoms with Crippen molar-refractivity contribution in [3.05, 3.63) is 56.7 Å². The van der Waals surface area contributed by atoms with Crippen molar-refractivity contribution in [3.8, 4) is 0 Å². The molecule has 0 spiro atoms. The first-order valence-corrected chi connectivity index (χ1v) is 9.90. The molecule has 1 aliphatic heterocycles. The van der Waals surface area contributed by atoms with Crippen molar-refractivity contribution in [3.63, 3.8) is 0 Å². The van der Waals surface area contributed by atoms with Gasteiger partial charge in [-0.3, -0.25) is 14.9 Å². The second-order valence-corrected chi connectivity index (χ2v) is 7.64. The Morgan fingerprint density at radius 3 is 2.63 bits per heavy atom. The smallest absolute Gasteiger partial charge is 0.294 e. The maximum Gasteiger partial charge on any atom is 0.294 e. The summed E-state index contributed by atoms with van der Waals surface area (Å²) in [5, 5.41) is 12.7. The van der Waals surface area contributed by atoms with Crippen LogP contribution >= 0.6 is 35.0 Å². The molecule has 27 heavy (non-hydrogen) atoms. The molecule has 0 bridgehead atoms. The van der Waals surface area contributed by atoms with E-state index < -0.39 is 4.92 Å². The number of thioether (sulfide) groups is 1. The zero-order valence-corrected chi connectivity index (χ0v) is 16.5. The van der Waals surface area contributed by atoms with E-state index >= 15 is 0 Å². The van der Waals surface area contributed by atoms with Crippen molar-refractivity contribution in [2.45, 2.75) is 5.03 Å². The van der Waals surface area contributed by atoms with Gasteiger partial charge in [0.2, 0.25) is 5.91 Å². The van der Waals surface area contributed by atoms with Crippen LogP contribution in [0.15, 0.2) is 41.6 Å². The van der Waals surface area contributed by atoms with E-state index in [0.29, 0.717) is 46.9 Å². The number of hydrogen-bond acceptors (Lipinski definition) is 6. The molecule has 0 N–H and O–H groups in total. The number of aromatic nitrogens is 1. The number of halogens is 2. The lowest BCUT2D eigenvalue weighted by Gasteiger charge is -2.35. The van der Waals surface area contributed by atoms with E-state index in [1.54, 1.807) is 35.4 Å². The van der Waals surface area contributed by atoms with Gasteiger partial charge in [0, 0.05) is 43.5 Å². The summed E-state index contributed by atoms with van der Waals surface area (Å²) in [6.45, 7) is 2.02. The molecule has 10 heteroatoms. The van der Waals surface area contributed by atoms with Gasteiger partial charge in [-0.2, -0.15) is 0 Å². The molecule has 1 aromatic heterocycles. The minimum absolute atomic E-state index is 0.00743. The Morgan fingerprint density at radius 2 is 1.96 bits per heavy atom. The first kappa shape index (κ1) is 19.7. The third-order valence-corrected chi connectivity index (χ3v) is 5.81. The topological polar surface area (TPSA) is 79.6 Å². The highest BCUT2D eigenvalue weighted by Gasteiger charge is 2.26. The standard InChI is InChI=1S/C17H16Cl2N4O3S/c18-12-3-4-14(15(10-12)23(25)26)21-6-8-22(9-7-21)16(24)11-27-17-13(19)2-1-5-20-17/h1-5,10H,6-9,11H2. The van der Waals surface area contributed by atoms with Gasteiger partial charge in [-0.25, -0.2) is 4.98 Å². The summed E-state index contributed by atoms with van der Waals surface area (Å²) in [6.07, 6.45) is 1.64. The van der Waals surface area contributed by atoms with Crippen molar-refractivity contribution in [2.75, 3.05) is 36.8 Å². The molecular weight excluding hydrogens is 411 g/mol. The summed E-state index contributed by atoms with van der Waals surface area (Å²) < 4.78 is 0. The van der Waals surface area contributed by atoms with Gasteiger partial charge in [-0.1, -0.05) is 35.0 Å². The van der Waals surface area contributed by atoms with Crippen LogP contribution in [-0.2, 0) is 4.79 Å². The molecule has 1 aliphatic rings. The van der Waals surface area contributed by atoms with E-state index in [-0.39, 0.29) is 17.3 Å². The Hall–Kier alpha value is -2.03. The summed E-state index contributed by atoms with van der Waals surface area (Å²) in [5.74, 6) is 0.240. The Balaban J connectivity index is 1.58. The summed E-state index contributed by atoms with van der Waals surface area (Å²) in [6, 6.07) is 8.11. The number of pyridine rings is 1. The van der Waals surface area contributed by atoms with Crippen LogP contribution in [0.25, 0.3) is 0 Å². The average Bonchev–Trinajstić information content (AvgIpc) is 2.67. The first-order valence-electron chi connectivity index (χ1n) is 8.15. The quantitative estimate of drug-likeness (QED) is 0.411. The third kappa shape index (κ3) is 4.82. The summed E-state index contributed by atoms with van der Waals surface area (Å²) in [4.78, 5) is 31.1. The Bertz CT molecular complexity index is 860. The van der Waals surface area contributed by atoms with Gasteiger partial charge in [0.25, 0.3) is 5.69 Å². The SMILES string of the molecule is O=C(CSc1ncccc1Cl)N1CCN(c2ccc(Cl)cc2[N+](=O)[O-])CC1. The molecule has 2 aromatic rings. The second-order valence-electron chi connectivity index (χ2n) is 5.84. The highest BCUT2D eigenvalue weighted by molar-refractivity contribution is 8.00. The maximum atomic E-state index is 12.4. The van der Waals surface area contributed by atoms with Crippen LogP contribution in [0, 0.1) is 10.1 Å². The van der Waals surface area contributed by atoms with E-state index in [1.165, 1.54) is 17.8 Å². The number of piperazine rings is 1. The first-order chi connectivity index (χ1) is 13.0. The number of anilines is 1. The van der Waals surface area contributed by atoms with Crippen molar-refractivity contribution in [2.24, 2.45) is 0 Å². The molecule has 1 fully saturated rings. The Kier molecular flexibility index (Phi) is 6.41. The van der Waals surface area contributed by atoms with E-state index in [4.69, 9.17) is 23.2 Å². The number of amides is 1. The molecule has 2 heterocycles. The number of carbonyl (C=O) groups is 1. The lowest BCUT2D eigenvalue weighted by atomic mass is 10.2. The monoisotopic (exact) mass is 426 g/mol. The van der Waals surface area contributed by atoms with E-state index in [1.807, 2.05) is 4.90 Å². The van der Waals surface area contributed by atoms with Crippen molar-refractivity contribution in [1.29, 1.82) is 0 Å². The normalized spacial score (nSPS) is 14.3. The van der Waals surface area contributed by atoms with E-state index in [9.17, 15) is 14.9 Å². The van der Waals surface area contributed by atoms with Crippen molar-refractivity contribution >= 4 is 52.2 Å². The molecule has 1 amide bonds. The predicted molar refractivity (Wildman–Crippen MR) is 107 cm³/mol. The van der Waals surface area contributed by atoms with Crippen LogP contribution in [0.3, 0.4) is 0 Å². The van der Waals surface area contributed by atoms with Gasteiger partial charge in [0.1, 0.15) is 10.7 Å². The van der Waals surface area contributed by atoms with Gasteiger partial charge < -0.3 is 9.80 Å². The van der Waals surface area contributed by atoms with Gasteiger partial charge >= 0.3 is 0 Å². The zero-order chi connectivity index (χ0) is 19.4. The molecule has 3 rings (SSSR count). The van der Waals surface area contributed by atoms with Crippen LogP contribution in [-0.4, -0.2) is 52.6 Å². The number of nitrogens with zero attached hydrogens (tertiary/aromatic N) is 4. The fourth-order valence-electron chi connectivity index (χ4n) is 2.81. The van der Waals surface area contributed by atoms with E-state index in [2.05, 4.69) is 4.98 Å². The molecule has 0 saturated carbocycles. The van der Waals surface area contributed by atoms with Crippen LogP contribution in [0.4, 0.5) is 11.4 Å². The third-order valence-electron chi connectivity index (χ3n) is 4.16. The number of nitro benzene ring substituents is 1. The second kappa shape index (κ2) is 8.77. The lowest BCUT2D eigenvalue weighted by Crippen LogP contribution is -2.49. The number of benzene rings is 1. The van der Waals surface area contributed by atoms with Crippen LogP contribution in [0.5, 0.6) is 0 Å². The van der Waals surface area contributed by atoms with Gasteiger partial charge in [-0.15, -0.1) is 0 Å². The van der Waals surface area contributed by atoms with Crippen molar-refractivity contribution < 1.29 is 9.72 Å². The van der Waals surface area contributed by atoms with Crippen LogP contribution in [0.1, 0.15) is 0 Å². The fraction of sp³-hybridized carbons (Fsp3) is 0.294. The number of rotatable bonds is 5. The molecule has 0 atom stereocenters. The minimum Gasteiger partial charge on any atom is -0.362 e. The summed E-state index contributed by atoms with van der Waals surface area (Å²) in [5.41, 5.74) is 0.494. The highest BCUT2D eigenvalue weighted by Crippen LogP contribution is 2.32. The number of nitro groups is 1. The molecular formula is C17H16Cl2N4O3S. The molecule has 7 nitrogen and oxygen atoms in total. The molecule has 1 aromatic carbocycles. The van der Waals surface area contributed by atoms with Crippen LogP contribution in [0.2, 0.25) is 10.0 Å². The Labute approximate surface area is 170 Å². The van der Waals surface area contributed by atoms with Crippen LogP contribution < -0.4 is 4.90 Å². The van der Waals surface area contributed by atoms with Crippen molar-refractivity contribution in [1.82, 2.24) is 9.88 Å². The summed E-state index contributed by atoms with van der Waals surface area (Å²) >= 11 is 13.2. The molecule has 0 radical (unpaired) electrons. The van der Waals surface area contributed by atoms with Gasteiger partial charge in [0.15, 0.2) is 0 Å². The lowest BCUT2D eigenvalue weighted by molar-refractivity contribution is -0.384. The Morgan fingerprint density at radius 1 is 1.22 bits per heavy atom. The molecule has 142 valence electrons.